The van der Waals surface area contributed by atoms with E-state index in [4.69, 9.17) is 21.0 Å². The fraction of sp³-hybridized carbons (Fsp3) is 0.267. The summed E-state index contributed by atoms with van der Waals surface area (Å²) in [6, 6.07) is 3.31. The number of aldehydes is 1. The first-order chi connectivity index (χ1) is 10.1. The number of nitrogens with two attached hydrogens (primary N) is 2. The summed E-state index contributed by atoms with van der Waals surface area (Å²) in [5.74, 6) is 0.172. The highest BCUT2D eigenvalue weighted by atomic mass is 16.3. The van der Waals surface area contributed by atoms with Crippen molar-refractivity contribution >= 4 is 17.7 Å². The van der Waals surface area contributed by atoms with Crippen LogP contribution >= 0.6 is 0 Å². The molecule has 1 heterocycles. The molecule has 0 saturated heterocycles. The Morgan fingerprint density at radius 3 is 2.38 bits per heavy atom. The molecule has 112 valence electrons. The Kier molecular flexibility index (Phi) is 4.62. The van der Waals surface area contributed by atoms with Crippen molar-refractivity contribution in [2.45, 2.75) is 12.8 Å². The third-order valence-corrected chi connectivity index (χ3v) is 3.44. The van der Waals surface area contributed by atoms with E-state index < -0.39 is 0 Å². The zero-order valence-electron chi connectivity index (χ0n) is 11.5. The maximum absolute atomic E-state index is 11.0. The molecule has 6 nitrogen and oxygen atoms in total. The summed E-state index contributed by atoms with van der Waals surface area (Å²) in [5, 5.41) is 18.4. The van der Waals surface area contributed by atoms with Crippen molar-refractivity contribution in [3.05, 3.63) is 35.3 Å². The van der Waals surface area contributed by atoms with Crippen molar-refractivity contribution in [1.29, 1.82) is 0 Å². The highest BCUT2D eigenvalue weighted by Gasteiger charge is 2.18. The minimum atomic E-state index is -0.0859. The summed E-state index contributed by atoms with van der Waals surface area (Å²) in [6.45, 7) is -0.149. The quantitative estimate of drug-likeness (QED) is 0.465. The SMILES string of the molecule is Nc1cc(-c2ccoc2C=O)c(N)c(CCO)c1CCO. The van der Waals surface area contributed by atoms with Gasteiger partial charge in [0.15, 0.2) is 12.0 Å². The fourth-order valence-electron chi connectivity index (χ4n) is 2.48. The molecule has 0 bridgehead atoms. The van der Waals surface area contributed by atoms with Gasteiger partial charge in [0.1, 0.15) is 0 Å². The van der Waals surface area contributed by atoms with Crippen LogP contribution in [0.4, 0.5) is 11.4 Å². The van der Waals surface area contributed by atoms with Crippen LogP contribution < -0.4 is 11.5 Å². The average Bonchev–Trinajstić information content (AvgIpc) is 2.94. The molecule has 1 aromatic carbocycles. The number of carbonyl (C=O) groups excluding carboxylic acids is 1. The lowest BCUT2D eigenvalue weighted by atomic mass is 9.92. The highest BCUT2D eigenvalue weighted by Crippen LogP contribution is 2.36. The normalized spacial score (nSPS) is 10.8. The second-order valence-corrected chi connectivity index (χ2v) is 4.65. The zero-order chi connectivity index (χ0) is 15.4. The summed E-state index contributed by atoms with van der Waals surface area (Å²) >= 11 is 0. The summed E-state index contributed by atoms with van der Waals surface area (Å²) in [5.41, 5.74) is 15.7. The number of aliphatic hydroxyl groups excluding tert-OH is 2. The van der Waals surface area contributed by atoms with Crippen molar-refractivity contribution in [2.24, 2.45) is 0 Å². The van der Waals surface area contributed by atoms with Crippen molar-refractivity contribution in [2.75, 3.05) is 24.7 Å². The van der Waals surface area contributed by atoms with Gasteiger partial charge < -0.3 is 26.1 Å². The molecular weight excluding hydrogens is 272 g/mol. The lowest BCUT2D eigenvalue weighted by Gasteiger charge is -2.17. The topological polar surface area (TPSA) is 123 Å². The number of anilines is 2. The van der Waals surface area contributed by atoms with Gasteiger partial charge in [-0.3, -0.25) is 4.79 Å². The van der Waals surface area contributed by atoms with E-state index in [1.165, 1.54) is 6.26 Å². The number of benzene rings is 1. The summed E-state index contributed by atoms with van der Waals surface area (Å²) in [4.78, 5) is 11.0. The molecule has 0 spiro atoms. The molecule has 0 unspecified atom stereocenters. The third kappa shape index (κ3) is 2.76. The monoisotopic (exact) mass is 290 g/mol. The van der Waals surface area contributed by atoms with Gasteiger partial charge in [0, 0.05) is 35.7 Å². The Morgan fingerprint density at radius 1 is 1.10 bits per heavy atom. The number of carbonyl (C=O) groups is 1. The minimum Gasteiger partial charge on any atom is -0.461 e. The Hall–Kier alpha value is -2.31. The third-order valence-electron chi connectivity index (χ3n) is 3.44. The fourth-order valence-corrected chi connectivity index (χ4v) is 2.48. The number of hydrogen-bond acceptors (Lipinski definition) is 6. The van der Waals surface area contributed by atoms with Crippen LogP contribution in [-0.2, 0) is 12.8 Å². The van der Waals surface area contributed by atoms with Crippen molar-refractivity contribution < 1.29 is 19.4 Å². The van der Waals surface area contributed by atoms with E-state index in [9.17, 15) is 9.90 Å². The van der Waals surface area contributed by atoms with Crippen molar-refractivity contribution in [3.63, 3.8) is 0 Å². The first kappa shape index (κ1) is 15.1. The molecule has 1 aromatic heterocycles. The molecule has 21 heavy (non-hydrogen) atoms. The lowest BCUT2D eigenvalue weighted by Crippen LogP contribution is -2.09. The van der Waals surface area contributed by atoms with E-state index in [0.29, 0.717) is 47.2 Å². The van der Waals surface area contributed by atoms with Crippen LogP contribution in [0.1, 0.15) is 21.7 Å². The molecule has 0 amide bonds. The molecule has 2 aromatic rings. The van der Waals surface area contributed by atoms with Gasteiger partial charge >= 0.3 is 0 Å². The van der Waals surface area contributed by atoms with Gasteiger partial charge in [0.2, 0.25) is 0 Å². The van der Waals surface area contributed by atoms with Gasteiger partial charge in [-0.2, -0.15) is 0 Å². The van der Waals surface area contributed by atoms with Crippen LogP contribution in [0.5, 0.6) is 0 Å². The predicted octanol–water partition coefficient (Wildman–Crippen LogP) is 0.993. The van der Waals surface area contributed by atoms with E-state index in [0.717, 1.165) is 5.56 Å². The van der Waals surface area contributed by atoms with E-state index >= 15 is 0 Å². The maximum atomic E-state index is 11.0. The number of nitrogen functional groups attached to an aromatic ring is 2. The first-order valence-corrected chi connectivity index (χ1v) is 6.58. The van der Waals surface area contributed by atoms with Crippen molar-refractivity contribution in [3.8, 4) is 11.1 Å². The molecule has 0 aliphatic rings. The van der Waals surface area contributed by atoms with Crippen LogP contribution in [0.15, 0.2) is 22.8 Å². The van der Waals surface area contributed by atoms with Gasteiger partial charge in [0.05, 0.1) is 6.26 Å². The van der Waals surface area contributed by atoms with Gasteiger partial charge in [-0.1, -0.05) is 0 Å². The summed E-state index contributed by atoms with van der Waals surface area (Å²) in [6.07, 6.45) is 2.70. The first-order valence-electron chi connectivity index (χ1n) is 6.58. The van der Waals surface area contributed by atoms with Crippen LogP contribution in [-0.4, -0.2) is 29.7 Å². The summed E-state index contributed by atoms with van der Waals surface area (Å²) in [7, 11) is 0. The average molecular weight is 290 g/mol. The molecule has 0 saturated carbocycles. The second-order valence-electron chi connectivity index (χ2n) is 4.65. The highest BCUT2D eigenvalue weighted by molar-refractivity contribution is 5.91. The molecule has 6 heteroatoms. The molecule has 0 fully saturated rings. The molecule has 6 N–H and O–H groups in total. The van der Waals surface area contributed by atoms with E-state index in [-0.39, 0.29) is 19.0 Å². The number of rotatable bonds is 6. The van der Waals surface area contributed by atoms with Crippen LogP contribution in [0, 0.1) is 0 Å². The van der Waals surface area contributed by atoms with Gasteiger partial charge in [-0.05, 0) is 36.1 Å². The molecule has 0 aliphatic heterocycles. The number of furan rings is 1. The predicted molar refractivity (Wildman–Crippen MR) is 79.9 cm³/mol. The minimum absolute atomic E-state index is 0.0628. The number of aliphatic hydroxyl groups is 2. The van der Waals surface area contributed by atoms with Crippen LogP contribution in [0.25, 0.3) is 11.1 Å². The largest absolute Gasteiger partial charge is 0.461 e. The second kappa shape index (κ2) is 6.43. The lowest BCUT2D eigenvalue weighted by molar-refractivity contribution is 0.110. The Labute approximate surface area is 122 Å². The maximum Gasteiger partial charge on any atom is 0.185 e. The Bertz CT molecular complexity index is 649. The van der Waals surface area contributed by atoms with Gasteiger partial charge in [-0.25, -0.2) is 0 Å². The molecule has 0 aliphatic carbocycles. The molecule has 2 rings (SSSR count). The van der Waals surface area contributed by atoms with E-state index in [1.54, 1.807) is 12.1 Å². The van der Waals surface area contributed by atoms with E-state index in [1.807, 2.05) is 0 Å². The van der Waals surface area contributed by atoms with Crippen molar-refractivity contribution in [1.82, 2.24) is 0 Å². The number of hydrogen-bond donors (Lipinski definition) is 4. The van der Waals surface area contributed by atoms with Gasteiger partial charge in [0.25, 0.3) is 0 Å². The van der Waals surface area contributed by atoms with Crippen LogP contribution in [0.2, 0.25) is 0 Å². The standard InChI is InChI=1S/C15H18N2O4/c16-13-7-12(10-3-6-21-14(10)8-20)15(17)11(2-5-19)9(13)1-4-18/h3,6-8,18-19H,1-2,4-5,16-17H2. The molecular formula is C15H18N2O4. The Balaban J connectivity index is 2.66. The smallest absolute Gasteiger partial charge is 0.185 e. The van der Waals surface area contributed by atoms with E-state index in [2.05, 4.69) is 0 Å². The Morgan fingerprint density at radius 2 is 1.76 bits per heavy atom. The van der Waals surface area contributed by atoms with Crippen LogP contribution in [0.3, 0.4) is 0 Å². The zero-order valence-corrected chi connectivity index (χ0v) is 11.5. The molecule has 0 atom stereocenters. The van der Waals surface area contributed by atoms with Gasteiger partial charge in [-0.15, -0.1) is 0 Å². The molecule has 0 radical (unpaired) electrons. The summed E-state index contributed by atoms with van der Waals surface area (Å²) < 4.78 is 5.09.